The normalized spacial score (nSPS) is 32.2. The third-order valence-corrected chi connectivity index (χ3v) is 4.03. The van der Waals surface area contributed by atoms with Crippen molar-refractivity contribution >= 4 is 23.1 Å². The molecular weight excluding hydrogens is 220 g/mol. The minimum atomic E-state index is -0.338. The molecule has 1 heterocycles. The Morgan fingerprint density at radius 3 is 2.50 bits per heavy atom. The number of likely N-dealkylation sites (tertiary alicyclic amines) is 1. The van der Waals surface area contributed by atoms with Gasteiger partial charge in [0, 0.05) is 12.6 Å². The molecule has 0 bridgehead atoms. The van der Waals surface area contributed by atoms with Gasteiger partial charge < -0.3 is 10.6 Å². The van der Waals surface area contributed by atoms with Crippen LogP contribution in [0.15, 0.2) is 0 Å². The second-order valence-electron chi connectivity index (χ2n) is 5.17. The Kier molecular flexibility index (Phi) is 4.30. The monoisotopic (exact) mass is 242 g/mol. The second-order valence-corrected chi connectivity index (χ2v) is 5.64. The zero-order chi connectivity index (χ0) is 12.5. The lowest BCUT2D eigenvalue weighted by Gasteiger charge is -2.42. The maximum atomic E-state index is 12.2. The van der Waals surface area contributed by atoms with Crippen LogP contribution < -0.4 is 5.73 Å². The summed E-state index contributed by atoms with van der Waals surface area (Å²) < 4.78 is 0. The third kappa shape index (κ3) is 2.73. The van der Waals surface area contributed by atoms with E-state index in [1.54, 1.807) is 6.92 Å². The van der Waals surface area contributed by atoms with Crippen molar-refractivity contribution in [3.05, 3.63) is 0 Å². The molecule has 0 spiro atoms. The molecule has 1 fully saturated rings. The summed E-state index contributed by atoms with van der Waals surface area (Å²) in [5.74, 6) is 0.855. The number of hydrogen-bond donors (Lipinski definition) is 1. The number of carbonyl (C=O) groups excluding carboxylic acids is 1. The smallest absolute Gasteiger partial charge is 0.232 e. The molecule has 0 radical (unpaired) electrons. The van der Waals surface area contributed by atoms with Gasteiger partial charge >= 0.3 is 0 Å². The van der Waals surface area contributed by atoms with Gasteiger partial charge in [0.15, 0.2) is 0 Å². The first kappa shape index (κ1) is 13.4. The number of amides is 1. The van der Waals surface area contributed by atoms with Gasteiger partial charge in [-0.25, -0.2) is 0 Å². The van der Waals surface area contributed by atoms with E-state index >= 15 is 0 Å². The number of hydrogen-bond acceptors (Lipinski definition) is 2. The van der Waals surface area contributed by atoms with Gasteiger partial charge in [0.25, 0.3) is 0 Å². The minimum absolute atomic E-state index is 0.0819. The van der Waals surface area contributed by atoms with Crippen molar-refractivity contribution in [1.82, 2.24) is 4.90 Å². The fourth-order valence-corrected chi connectivity index (χ4v) is 2.48. The molecule has 92 valence electrons. The second kappa shape index (κ2) is 5.13. The van der Waals surface area contributed by atoms with Crippen molar-refractivity contribution < 1.29 is 4.79 Å². The molecule has 1 amide bonds. The molecule has 0 aromatic rings. The topological polar surface area (TPSA) is 46.3 Å². The van der Waals surface area contributed by atoms with E-state index < -0.39 is 0 Å². The number of nitrogens with two attached hydrogens (primary N) is 1. The highest BCUT2D eigenvalue weighted by Gasteiger charge is 2.34. The summed E-state index contributed by atoms with van der Waals surface area (Å²) in [5.41, 5.74) is 5.54. The van der Waals surface area contributed by atoms with Crippen molar-refractivity contribution in [2.24, 2.45) is 23.5 Å². The van der Waals surface area contributed by atoms with Crippen LogP contribution in [0, 0.1) is 17.8 Å². The van der Waals surface area contributed by atoms with E-state index in [0.717, 1.165) is 6.54 Å². The van der Waals surface area contributed by atoms with Crippen LogP contribution in [0.2, 0.25) is 0 Å². The summed E-state index contributed by atoms with van der Waals surface area (Å²) >= 11 is 4.89. The molecule has 0 aromatic heterocycles. The van der Waals surface area contributed by atoms with E-state index in [-0.39, 0.29) is 11.8 Å². The van der Waals surface area contributed by atoms with Crippen molar-refractivity contribution in [2.45, 2.75) is 40.2 Å². The Morgan fingerprint density at radius 2 is 2.00 bits per heavy atom. The quantitative estimate of drug-likeness (QED) is 0.751. The molecular formula is C12H22N2OS. The fraction of sp³-hybridized carbons (Fsp3) is 0.833. The molecule has 1 rings (SSSR count). The van der Waals surface area contributed by atoms with Crippen LogP contribution in [0.3, 0.4) is 0 Å². The minimum Gasteiger partial charge on any atom is -0.393 e. The molecule has 0 saturated carbocycles. The molecule has 1 saturated heterocycles. The molecule has 16 heavy (non-hydrogen) atoms. The zero-order valence-corrected chi connectivity index (χ0v) is 11.4. The van der Waals surface area contributed by atoms with Crippen LogP contribution in [0.25, 0.3) is 0 Å². The van der Waals surface area contributed by atoms with Crippen molar-refractivity contribution in [2.75, 3.05) is 6.54 Å². The molecule has 2 N–H and O–H groups in total. The maximum absolute atomic E-state index is 12.2. The first-order valence-electron chi connectivity index (χ1n) is 5.94. The van der Waals surface area contributed by atoms with Crippen LogP contribution in [0.1, 0.15) is 34.1 Å². The van der Waals surface area contributed by atoms with E-state index in [2.05, 4.69) is 20.8 Å². The van der Waals surface area contributed by atoms with Crippen LogP contribution in [0.4, 0.5) is 0 Å². The highest BCUT2D eigenvalue weighted by molar-refractivity contribution is 7.80. The Labute approximate surface area is 103 Å². The van der Waals surface area contributed by atoms with E-state index in [1.165, 1.54) is 6.42 Å². The number of carbonyl (C=O) groups is 1. The van der Waals surface area contributed by atoms with E-state index in [4.69, 9.17) is 18.0 Å². The summed E-state index contributed by atoms with van der Waals surface area (Å²) in [4.78, 5) is 14.4. The molecule has 1 aliphatic heterocycles. The first-order valence-corrected chi connectivity index (χ1v) is 6.35. The van der Waals surface area contributed by atoms with Crippen LogP contribution in [0.5, 0.6) is 0 Å². The number of nitrogens with zero attached hydrogens (tertiary/aromatic N) is 1. The highest BCUT2D eigenvalue weighted by atomic mass is 32.1. The number of rotatable bonds is 2. The van der Waals surface area contributed by atoms with Crippen molar-refractivity contribution in [3.63, 3.8) is 0 Å². The molecule has 0 aromatic carbocycles. The summed E-state index contributed by atoms with van der Waals surface area (Å²) in [6, 6.07) is 0.292. The SMILES string of the molecule is CC1CC(C)C(C)N(C(=O)C(C)C(N)=S)C1. The van der Waals surface area contributed by atoms with Crippen LogP contribution in [-0.2, 0) is 4.79 Å². The first-order chi connectivity index (χ1) is 7.34. The lowest BCUT2D eigenvalue weighted by molar-refractivity contribution is -0.138. The Hall–Kier alpha value is -0.640. The predicted molar refractivity (Wildman–Crippen MR) is 70.1 cm³/mol. The van der Waals surface area contributed by atoms with Gasteiger partial charge in [0.1, 0.15) is 0 Å². The molecule has 0 aliphatic carbocycles. The lowest BCUT2D eigenvalue weighted by Crippen LogP contribution is -2.52. The summed E-state index contributed by atoms with van der Waals surface area (Å²) in [6.07, 6.45) is 1.19. The molecule has 1 aliphatic rings. The van der Waals surface area contributed by atoms with Gasteiger partial charge in [-0.1, -0.05) is 26.1 Å². The van der Waals surface area contributed by atoms with E-state index in [0.29, 0.717) is 22.9 Å². The average molecular weight is 242 g/mol. The molecule has 4 heteroatoms. The zero-order valence-electron chi connectivity index (χ0n) is 10.6. The van der Waals surface area contributed by atoms with Gasteiger partial charge in [-0.15, -0.1) is 0 Å². The van der Waals surface area contributed by atoms with E-state index in [1.807, 2.05) is 4.90 Å². The van der Waals surface area contributed by atoms with Crippen molar-refractivity contribution in [1.29, 1.82) is 0 Å². The Balaban J connectivity index is 2.77. The molecule has 4 atom stereocenters. The summed E-state index contributed by atoms with van der Waals surface area (Å²) in [7, 11) is 0. The summed E-state index contributed by atoms with van der Waals surface area (Å²) in [5, 5.41) is 0. The molecule has 4 unspecified atom stereocenters. The van der Waals surface area contributed by atoms with Crippen LogP contribution in [-0.4, -0.2) is 28.4 Å². The standard InChI is InChI=1S/C12H22N2OS/c1-7-5-8(2)10(4)14(6-7)12(15)9(3)11(13)16/h7-10H,5-6H2,1-4H3,(H2,13,16). The average Bonchev–Trinajstić information content (AvgIpc) is 2.21. The predicted octanol–water partition coefficient (Wildman–Crippen LogP) is 1.80. The summed E-state index contributed by atoms with van der Waals surface area (Å²) in [6.45, 7) is 9.12. The van der Waals surface area contributed by atoms with Crippen LogP contribution >= 0.6 is 12.2 Å². The van der Waals surface area contributed by atoms with Crippen molar-refractivity contribution in [3.8, 4) is 0 Å². The van der Waals surface area contributed by atoms with Gasteiger partial charge in [0.2, 0.25) is 5.91 Å². The van der Waals surface area contributed by atoms with Gasteiger partial charge in [-0.05, 0) is 32.1 Å². The number of thiocarbonyl (C=S) groups is 1. The fourth-order valence-electron chi connectivity index (χ4n) is 2.38. The Bertz CT molecular complexity index is 293. The lowest BCUT2D eigenvalue weighted by atomic mass is 9.85. The largest absolute Gasteiger partial charge is 0.393 e. The van der Waals surface area contributed by atoms with E-state index in [9.17, 15) is 4.79 Å². The highest BCUT2D eigenvalue weighted by Crippen LogP contribution is 2.27. The van der Waals surface area contributed by atoms with Gasteiger partial charge in [-0.2, -0.15) is 0 Å². The van der Waals surface area contributed by atoms with Gasteiger partial charge in [0.05, 0.1) is 10.9 Å². The number of piperidine rings is 1. The molecule has 3 nitrogen and oxygen atoms in total. The van der Waals surface area contributed by atoms with Gasteiger partial charge in [-0.3, -0.25) is 4.79 Å². The third-order valence-electron chi connectivity index (χ3n) is 3.68. The maximum Gasteiger partial charge on any atom is 0.232 e. The Morgan fingerprint density at radius 1 is 1.44 bits per heavy atom.